The zero-order valence-electron chi connectivity index (χ0n) is 40.0. The lowest BCUT2D eigenvalue weighted by atomic mass is 9.94. The van der Waals surface area contributed by atoms with Crippen molar-refractivity contribution in [2.75, 3.05) is 58.1 Å². The number of allylic oxidation sites excluding steroid dienone is 2. The smallest absolute Gasteiger partial charge is 0.430 e. The molecule has 1 saturated heterocycles. The highest BCUT2D eigenvalue weighted by Gasteiger charge is 2.46. The van der Waals surface area contributed by atoms with E-state index in [-0.39, 0.29) is 118 Å². The van der Waals surface area contributed by atoms with E-state index >= 15 is 0 Å². The Kier molecular flexibility index (Phi) is 18.6. The molecule has 1 unspecified atom stereocenters. The average Bonchev–Trinajstić information content (AvgIpc) is 3.67. The van der Waals surface area contributed by atoms with Gasteiger partial charge in [-0.1, -0.05) is 18.2 Å². The fourth-order valence-electron chi connectivity index (χ4n) is 7.50. The molecule has 2 aliphatic heterocycles. The first kappa shape index (κ1) is 58.1. The van der Waals surface area contributed by atoms with Gasteiger partial charge in [-0.15, -0.1) is 0 Å². The first-order valence-corrected chi connectivity index (χ1v) is 22.7. The molecule has 1 fully saturated rings. The van der Waals surface area contributed by atoms with Crippen molar-refractivity contribution in [2.45, 2.75) is 44.0 Å². The third-order valence-corrected chi connectivity index (χ3v) is 11.2. The van der Waals surface area contributed by atoms with Gasteiger partial charge in [0.05, 0.1) is 78.8 Å². The van der Waals surface area contributed by atoms with Gasteiger partial charge in [0.2, 0.25) is 17.7 Å². The van der Waals surface area contributed by atoms with Gasteiger partial charge in [-0.25, -0.2) is 5.84 Å². The molecule has 0 saturated carbocycles. The van der Waals surface area contributed by atoms with Crippen LogP contribution < -0.4 is 37.4 Å². The Labute approximate surface area is 430 Å². The zero-order valence-corrected chi connectivity index (χ0v) is 40.0. The lowest BCUT2D eigenvalue weighted by Gasteiger charge is -2.27. The quantitative estimate of drug-likeness (QED) is 0.0114. The molecule has 2 aliphatic rings. The first-order chi connectivity index (χ1) is 36.2. The number of carbonyl (C=O) groups is 5. The number of phenolic OH excluding ortho intramolecular Hbond substituents is 1. The van der Waals surface area contributed by atoms with Gasteiger partial charge in [0.15, 0.2) is 0 Å². The van der Waals surface area contributed by atoms with Crippen LogP contribution in [0, 0.1) is 5.41 Å². The van der Waals surface area contributed by atoms with Gasteiger partial charge in [-0.3, -0.25) is 34.2 Å². The van der Waals surface area contributed by atoms with E-state index in [1.165, 1.54) is 53.7 Å². The summed E-state index contributed by atoms with van der Waals surface area (Å²) < 4.78 is 150. The molecule has 10 N–H and O–H groups in total. The summed E-state index contributed by atoms with van der Waals surface area (Å²) in [4.78, 5) is 63.6. The van der Waals surface area contributed by atoms with E-state index in [0.717, 1.165) is 17.0 Å². The number of piperidine rings is 1. The minimum Gasteiger partial charge on any atom is -0.506 e. The number of anilines is 1. The molecular weight excluding hydrogens is 1050 g/mol. The van der Waals surface area contributed by atoms with E-state index in [1.54, 1.807) is 0 Å². The number of nitrogens with one attached hydrogen (secondary N) is 3. The Balaban J connectivity index is 0.906. The van der Waals surface area contributed by atoms with Crippen molar-refractivity contribution in [1.29, 1.82) is 5.41 Å². The standard InChI is InChI=1S/C49H47F9N8O11/c50-47(51,52)28-18-27(19-29(20-28)48(53,54)55)41-37(10-8-32(43(41)69)34(60)21-38(61)49(56,57)58)76-23-26-4-6-31(7-5-26)63-40(68)25-75-17-16-74-15-14-73-13-12-65(62)22-30(59)24-77-36-3-1-2-33-42(36)46(72)66(45(33)71)35-9-11-39(67)64-44(35)70/h1-8,10,18-22,35,60,69H,9,11-17,23-25,59,61-62H2,(H,63,68)(H,64,67,70)/b30-22-,38-21?,60-34?. The van der Waals surface area contributed by atoms with Crippen LogP contribution in [0.3, 0.4) is 0 Å². The topological polar surface area (TPSA) is 284 Å². The number of aromatic hydroxyl groups is 1. The van der Waals surface area contributed by atoms with E-state index in [1.807, 2.05) is 0 Å². The largest absolute Gasteiger partial charge is 0.506 e. The molecule has 5 amide bonds. The molecule has 4 aromatic rings. The normalized spacial score (nSPS) is 15.4. The predicted octanol–water partition coefficient (Wildman–Crippen LogP) is 5.89. The number of amides is 5. The van der Waals surface area contributed by atoms with E-state index in [2.05, 4.69) is 10.6 Å². The van der Waals surface area contributed by atoms with Crippen LogP contribution in [0.5, 0.6) is 17.2 Å². The number of hydrogen-bond donors (Lipinski definition) is 7. The number of fused-ring (bicyclic) bond motifs is 1. The second kappa shape index (κ2) is 24.6. The maximum atomic E-state index is 13.8. The van der Waals surface area contributed by atoms with Gasteiger partial charge in [0, 0.05) is 23.9 Å². The Bertz CT molecular complexity index is 2920. The van der Waals surface area contributed by atoms with Crippen molar-refractivity contribution >= 4 is 40.9 Å². The Morgan fingerprint density at radius 1 is 0.792 bits per heavy atom. The number of phenols is 1. The van der Waals surface area contributed by atoms with E-state index < -0.39 is 111 Å². The molecule has 0 aromatic heterocycles. The Morgan fingerprint density at radius 3 is 2.04 bits per heavy atom. The van der Waals surface area contributed by atoms with Gasteiger partial charge >= 0.3 is 18.5 Å². The third kappa shape index (κ3) is 15.2. The Morgan fingerprint density at radius 2 is 1.42 bits per heavy atom. The summed E-state index contributed by atoms with van der Waals surface area (Å²) in [5.41, 5.74) is 3.00. The number of rotatable bonds is 23. The molecule has 412 valence electrons. The van der Waals surface area contributed by atoms with Crippen LogP contribution in [0.1, 0.15) is 55.8 Å². The van der Waals surface area contributed by atoms with Crippen molar-refractivity contribution in [3.63, 3.8) is 0 Å². The number of alkyl halides is 9. The fourth-order valence-corrected chi connectivity index (χ4v) is 7.50. The van der Waals surface area contributed by atoms with Crippen LogP contribution in [0.25, 0.3) is 11.1 Å². The molecule has 6 rings (SSSR count). The van der Waals surface area contributed by atoms with Crippen LogP contribution in [0.2, 0.25) is 0 Å². The Hall–Kier alpha value is -8.21. The highest BCUT2D eigenvalue weighted by atomic mass is 19.4. The highest BCUT2D eigenvalue weighted by Crippen LogP contribution is 2.45. The molecule has 28 heteroatoms. The summed E-state index contributed by atoms with van der Waals surface area (Å²) in [5, 5.41) is 25.2. The van der Waals surface area contributed by atoms with Gasteiger partial charge in [0.1, 0.15) is 48.8 Å². The molecule has 77 heavy (non-hydrogen) atoms. The van der Waals surface area contributed by atoms with Gasteiger partial charge in [-0.2, -0.15) is 39.5 Å². The summed E-state index contributed by atoms with van der Waals surface area (Å²) in [6, 6.07) is 11.2. The van der Waals surface area contributed by atoms with Gasteiger partial charge in [-0.05, 0) is 78.2 Å². The number of benzene rings is 4. The zero-order chi connectivity index (χ0) is 56.4. The maximum Gasteiger partial charge on any atom is 0.430 e. The SMILES string of the molecule is N=C(C=C(N)C(F)(F)F)c1ccc(OCc2ccc(NC(=O)COCCOCCOCCN(N)/C=C(\N)COc3cccc4c3C(=O)N(C3CCC(=O)NC3=O)C4=O)cc2)c(-c2cc(C(F)(F)F)cc(C(F)(F)F)c2)c1O. The number of hydrogen-bond acceptors (Lipinski definition) is 16. The molecule has 19 nitrogen and oxygen atoms in total. The van der Waals surface area contributed by atoms with Crippen LogP contribution in [-0.2, 0) is 47.6 Å². The minimum atomic E-state index is -5.31. The molecule has 0 bridgehead atoms. The number of imide groups is 2. The van der Waals surface area contributed by atoms with Crippen molar-refractivity contribution in [2.24, 2.45) is 17.3 Å². The number of hydrazine groups is 1. The molecule has 0 radical (unpaired) electrons. The number of ether oxygens (including phenoxy) is 5. The van der Waals surface area contributed by atoms with Crippen molar-refractivity contribution in [3.8, 4) is 28.4 Å². The van der Waals surface area contributed by atoms with E-state index in [0.29, 0.717) is 5.56 Å². The lowest BCUT2D eigenvalue weighted by Crippen LogP contribution is -2.54. The molecule has 4 aromatic carbocycles. The summed E-state index contributed by atoms with van der Waals surface area (Å²) in [6.45, 7) is -0.228. The van der Waals surface area contributed by atoms with Crippen LogP contribution in [0.4, 0.5) is 45.2 Å². The monoisotopic (exact) mass is 1090 g/mol. The number of nitrogens with zero attached hydrogens (tertiary/aromatic N) is 2. The maximum absolute atomic E-state index is 13.8. The molecule has 2 heterocycles. The summed E-state index contributed by atoms with van der Waals surface area (Å²) in [6.07, 6.45) is -14.3. The van der Waals surface area contributed by atoms with Crippen LogP contribution in [0.15, 0.2) is 96.5 Å². The number of nitrogens with two attached hydrogens (primary N) is 3. The lowest BCUT2D eigenvalue weighted by molar-refractivity contribution is -0.143. The first-order valence-electron chi connectivity index (χ1n) is 22.7. The molecule has 0 aliphatic carbocycles. The highest BCUT2D eigenvalue weighted by molar-refractivity contribution is 6.24. The third-order valence-electron chi connectivity index (χ3n) is 11.2. The average molecular weight is 1090 g/mol. The van der Waals surface area contributed by atoms with E-state index in [9.17, 15) is 68.6 Å². The van der Waals surface area contributed by atoms with Crippen molar-refractivity contribution < 1.29 is 92.3 Å². The van der Waals surface area contributed by atoms with Crippen LogP contribution >= 0.6 is 0 Å². The van der Waals surface area contributed by atoms with Gasteiger partial charge < -0.3 is 56.0 Å². The fraction of sp³-hybridized carbons (Fsp3) is 0.306. The van der Waals surface area contributed by atoms with E-state index in [4.69, 9.17) is 46.4 Å². The molecule has 1 atom stereocenters. The number of carbonyl (C=O) groups excluding carboxylic acids is 5. The van der Waals surface area contributed by atoms with Crippen molar-refractivity contribution in [1.82, 2.24) is 15.2 Å². The summed E-state index contributed by atoms with van der Waals surface area (Å²) in [5.74, 6) is 1.12. The number of halogens is 9. The summed E-state index contributed by atoms with van der Waals surface area (Å²) in [7, 11) is 0. The van der Waals surface area contributed by atoms with Gasteiger partial charge in [0.25, 0.3) is 11.8 Å². The second-order valence-electron chi connectivity index (χ2n) is 16.8. The molecule has 0 spiro atoms. The second-order valence-corrected chi connectivity index (χ2v) is 16.8. The van der Waals surface area contributed by atoms with Crippen LogP contribution in [-0.4, -0.2) is 115 Å². The van der Waals surface area contributed by atoms with Crippen molar-refractivity contribution in [3.05, 3.63) is 130 Å². The predicted molar refractivity (Wildman–Crippen MR) is 252 cm³/mol. The summed E-state index contributed by atoms with van der Waals surface area (Å²) >= 11 is 0. The molecular formula is C49H47F9N8O11. The minimum absolute atomic E-state index is 0.00508.